The zero-order valence-corrected chi connectivity index (χ0v) is 8.66. The average Bonchev–Trinajstić information content (AvgIpc) is 2.26. The lowest BCUT2D eigenvalue weighted by Crippen LogP contribution is -2.18. The molecule has 13 heavy (non-hydrogen) atoms. The quantitative estimate of drug-likeness (QED) is 0.747. The van der Waals surface area contributed by atoms with E-state index in [9.17, 15) is 0 Å². The van der Waals surface area contributed by atoms with Crippen LogP contribution in [0.25, 0.3) is 0 Å². The lowest BCUT2D eigenvalue weighted by atomic mass is 10.1. The van der Waals surface area contributed by atoms with Crippen molar-refractivity contribution in [3.8, 4) is 5.88 Å². The normalized spacial score (nSPS) is 13.0. The van der Waals surface area contributed by atoms with Gasteiger partial charge >= 0.3 is 0 Å². The van der Waals surface area contributed by atoms with Crippen LogP contribution in [0.15, 0.2) is 0 Å². The summed E-state index contributed by atoms with van der Waals surface area (Å²) in [6, 6.07) is 0.136. The third-order valence-electron chi connectivity index (χ3n) is 2.01. The van der Waals surface area contributed by atoms with Crippen LogP contribution in [0.5, 0.6) is 5.88 Å². The number of nitrogens with zero attached hydrogens (tertiary/aromatic N) is 2. The van der Waals surface area contributed by atoms with Gasteiger partial charge in [-0.2, -0.15) is 5.10 Å². The van der Waals surface area contributed by atoms with E-state index in [1.54, 1.807) is 11.8 Å². The summed E-state index contributed by atoms with van der Waals surface area (Å²) in [5, 5.41) is 4.27. The molecule has 0 aliphatic heterocycles. The molecule has 0 aliphatic rings. The molecule has 2 N–H and O–H groups in total. The second-order valence-corrected chi connectivity index (χ2v) is 3.38. The van der Waals surface area contributed by atoms with E-state index in [-0.39, 0.29) is 6.04 Å². The first-order valence-electron chi connectivity index (χ1n) is 4.38. The number of hydrogen-bond acceptors (Lipinski definition) is 3. The molecule has 0 aliphatic carbocycles. The maximum Gasteiger partial charge on any atom is 0.214 e. The maximum absolute atomic E-state index is 5.73. The zero-order chi connectivity index (χ0) is 10.0. The number of hydrogen-bond donors (Lipinski definition) is 1. The first kappa shape index (κ1) is 10.1. The molecule has 0 fully saturated rings. The topological polar surface area (TPSA) is 53.1 Å². The summed E-state index contributed by atoms with van der Waals surface area (Å²) in [7, 11) is 3.53. The second kappa shape index (κ2) is 3.79. The summed E-state index contributed by atoms with van der Waals surface area (Å²) < 4.78 is 6.99. The molecular weight excluding hydrogens is 166 g/mol. The fraction of sp³-hybridized carbons (Fsp3) is 0.667. The Kier molecular flexibility index (Phi) is 2.93. The van der Waals surface area contributed by atoms with Crippen LogP contribution >= 0.6 is 0 Å². The molecule has 0 amide bonds. The van der Waals surface area contributed by atoms with Crippen LogP contribution in [0.4, 0.5) is 0 Å². The Labute approximate surface area is 78.7 Å². The van der Waals surface area contributed by atoms with Gasteiger partial charge in [0, 0.05) is 18.7 Å². The highest BCUT2D eigenvalue weighted by Gasteiger charge is 2.14. The molecule has 4 nitrogen and oxygen atoms in total. The summed E-state index contributed by atoms with van der Waals surface area (Å²) in [5.74, 6) is 0.815. The van der Waals surface area contributed by atoms with E-state index in [1.165, 1.54) is 0 Å². The van der Waals surface area contributed by atoms with Gasteiger partial charge in [-0.15, -0.1) is 0 Å². The van der Waals surface area contributed by atoms with Gasteiger partial charge in [0.25, 0.3) is 0 Å². The predicted octanol–water partition coefficient (Wildman–Crippen LogP) is 0.627. The molecular formula is C9H17N3O. The van der Waals surface area contributed by atoms with Gasteiger partial charge in [0.15, 0.2) is 0 Å². The Bertz CT molecular complexity index is 291. The molecule has 74 valence electrons. The van der Waals surface area contributed by atoms with Gasteiger partial charge in [-0.3, -0.25) is 0 Å². The highest BCUT2D eigenvalue weighted by molar-refractivity contribution is 5.31. The number of aryl methyl sites for hydroxylation is 2. The molecule has 0 aromatic carbocycles. The van der Waals surface area contributed by atoms with Crippen LogP contribution in [-0.4, -0.2) is 22.9 Å². The molecule has 1 heterocycles. The number of nitrogens with two attached hydrogens (primary N) is 1. The Morgan fingerprint density at radius 3 is 2.69 bits per heavy atom. The molecule has 4 heteroatoms. The van der Waals surface area contributed by atoms with Crippen molar-refractivity contribution in [2.24, 2.45) is 12.8 Å². The van der Waals surface area contributed by atoms with Crippen LogP contribution in [0.1, 0.15) is 18.2 Å². The second-order valence-electron chi connectivity index (χ2n) is 3.38. The van der Waals surface area contributed by atoms with E-state index < -0.39 is 0 Å². The predicted molar refractivity (Wildman–Crippen MR) is 51.9 cm³/mol. The third kappa shape index (κ3) is 2.01. The van der Waals surface area contributed by atoms with E-state index in [0.29, 0.717) is 0 Å². The average molecular weight is 183 g/mol. The van der Waals surface area contributed by atoms with Crippen molar-refractivity contribution >= 4 is 0 Å². The van der Waals surface area contributed by atoms with E-state index >= 15 is 0 Å². The Morgan fingerprint density at radius 2 is 2.23 bits per heavy atom. The standard InChI is InChI=1S/C9H17N3O/c1-6(10)5-8-7(2)11-12(3)9(8)13-4/h6H,5,10H2,1-4H3/t6-/m1/s1. The van der Waals surface area contributed by atoms with E-state index in [0.717, 1.165) is 23.6 Å². The third-order valence-corrected chi connectivity index (χ3v) is 2.01. The number of ether oxygens (including phenoxy) is 1. The van der Waals surface area contributed by atoms with Gasteiger partial charge in [-0.1, -0.05) is 0 Å². The van der Waals surface area contributed by atoms with Gasteiger partial charge in [-0.05, 0) is 20.3 Å². The van der Waals surface area contributed by atoms with E-state index in [1.807, 2.05) is 20.9 Å². The molecule has 0 spiro atoms. The fourth-order valence-corrected chi connectivity index (χ4v) is 1.49. The highest BCUT2D eigenvalue weighted by Crippen LogP contribution is 2.21. The molecule has 0 unspecified atom stereocenters. The van der Waals surface area contributed by atoms with Crippen molar-refractivity contribution in [2.45, 2.75) is 26.3 Å². The molecule has 0 radical (unpaired) electrons. The number of rotatable bonds is 3. The van der Waals surface area contributed by atoms with Crippen molar-refractivity contribution in [1.82, 2.24) is 9.78 Å². The highest BCUT2D eigenvalue weighted by atomic mass is 16.5. The largest absolute Gasteiger partial charge is 0.481 e. The summed E-state index contributed by atoms with van der Waals surface area (Å²) in [5.41, 5.74) is 7.84. The molecule has 0 saturated carbocycles. The Hall–Kier alpha value is -1.03. The van der Waals surface area contributed by atoms with Crippen LogP contribution in [0.2, 0.25) is 0 Å². The van der Waals surface area contributed by atoms with Gasteiger partial charge < -0.3 is 10.5 Å². The van der Waals surface area contributed by atoms with Gasteiger partial charge in [-0.25, -0.2) is 4.68 Å². The molecule has 1 atom stereocenters. The van der Waals surface area contributed by atoms with Gasteiger partial charge in [0.2, 0.25) is 5.88 Å². The lowest BCUT2D eigenvalue weighted by molar-refractivity contribution is 0.368. The van der Waals surface area contributed by atoms with E-state index in [2.05, 4.69) is 5.10 Å². The van der Waals surface area contributed by atoms with Crippen LogP contribution in [-0.2, 0) is 13.5 Å². The minimum atomic E-state index is 0.136. The SMILES string of the molecule is COc1c(C[C@@H](C)N)c(C)nn1C. The number of aromatic nitrogens is 2. The first-order valence-corrected chi connectivity index (χ1v) is 4.38. The van der Waals surface area contributed by atoms with Crippen molar-refractivity contribution in [1.29, 1.82) is 0 Å². The van der Waals surface area contributed by atoms with Crippen LogP contribution < -0.4 is 10.5 Å². The first-order chi connectivity index (χ1) is 6.06. The molecule has 1 aromatic rings. The minimum Gasteiger partial charge on any atom is -0.481 e. The molecule has 0 bridgehead atoms. The van der Waals surface area contributed by atoms with Crippen molar-refractivity contribution in [3.63, 3.8) is 0 Å². The molecule has 0 saturated heterocycles. The summed E-state index contributed by atoms with van der Waals surface area (Å²) in [6.07, 6.45) is 0.808. The Morgan fingerprint density at radius 1 is 1.62 bits per heavy atom. The van der Waals surface area contributed by atoms with Crippen molar-refractivity contribution < 1.29 is 4.74 Å². The number of methoxy groups -OCH3 is 1. The molecule has 1 rings (SSSR count). The maximum atomic E-state index is 5.73. The van der Waals surface area contributed by atoms with Gasteiger partial charge in [0.1, 0.15) is 0 Å². The smallest absolute Gasteiger partial charge is 0.214 e. The zero-order valence-electron chi connectivity index (χ0n) is 8.66. The summed E-state index contributed by atoms with van der Waals surface area (Å²) >= 11 is 0. The summed E-state index contributed by atoms with van der Waals surface area (Å²) in [6.45, 7) is 3.95. The van der Waals surface area contributed by atoms with Gasteiger partial charge in [0.05, 0.1) is 12.8 Å². The van der Waals surface area contributed by atoms with Crippen LogP contribution in [0.3, 0.4) is 0 Å². The minimum absolute atomic E-state index is 0.136. The lowest BCUT2D eigenvalue weighted by Gasteiger charge is -2.06. The van der Waals surface area contributed by atoms with Crippen molar-refractivity contribution in [2.75, 3.05) is 7.11 Å². The Balaban J connectivity index is 3.02. The fourth-order valence-electron chi connectivity index (χ4n) is 1.49. The summed E-state index contributed by atoms with van der Waals surface area (Å²) in [4.78, 5) is 0. The molecule has 1 aromatic heterocycles. The monoisotopic (exact) mass is 183 g/mol. The van der Waals surface area contributed by atoms with Crippen molar-refractivity contribution in [3.05, 3.63) is 11.3 Å². The van der Waals surface area contributed by atoms with Crippen LogP contribution in [0, 0.1) is 6.92 Å². The van der Waals surface area contributed by atoms with E-state index in [4.69, 9.17) is 10.5 Å².